The van der Waals surface area contributed by atoms with Crippen molar-refractivity contribution >= 4 is 59.2 Å². The summed E-state index contributed by atoms with van der Waals surface area (Å²) in [6.07, 6.45) is 11.4. The summed E-state index contributed by atoms with van der Waals surface area (Å²) in [5.74, 6) is -0.290. The van der Waals surface area contributed by atoms with Crippen LogP contribution in [0.1, 0.15) is 257 Å². The van der Waals surface area contributed by atoms with E-state index < -0.39 is 28.7 Å². The molecule has 12 nitrogen and oxygen atoms in total. The molecule has 4 aliphatic rings. The quantitative estimate of drug-likeness (QED) is 0.0737. The van der Waals surface area contributed by atoms with E-state index in [4.69, 9.17) is 19.2 Å². The summed E-state index contributed by atoms with van der Waals surface area (Å²) in [5.41, 5.74) is 1.69. The van der Waals surface area contributed by atoms with Crippen LogP contribution in [0.5, 0.6) is 0 Å². The third kappa shape index (κ3) is 16.3. The molecule has 80 heavy (non-hydrogen) atoms. The van der Waals surface area contributed by atoms with Crippen LogP contribution in [0.4, 0.5) is 5.82 Å². The normalized spacial score (nSPS) is 26.3. The van der Waals surface area contributed by atoms with Crippen LogP contribution in [0.3, 0.4) is 0 Å². The van der Waals surface area contributed by atoms with Crippen LogP contribution in [-0.2, 0) is 33.4 Å². The van der Waals surface area contributed by atoms with Crippen LogP contribution >= 0.6 is 11.8 Å². The van der Waals surface area contributed by atoms with Gasteiger partial charge in [0.05, 0.1) is 16.4 Å². The standard InChI is InChI=1S/C67H110N4O8S/c1-23-40(6)50-48(68-56(70-58(72)42(8)80-32-31-77-62(76)67(21,22)25-3)52(50)60(74)78-54-44(63(9,10)11)33-38(4)34-45(54)64(12,13)14)37-49-51(41(7)24-2)53(57(69-49)71-59(73)43-29-27-26-28-30-43)61(75)79-55-46(65(15,16)17)35-39(5)36-47(55)66(18,19)20/h37-47,54-55,69H,23-36H2,1-22H3,(H,71,73)(H,68,70,72). The van der Waals surface area contributed by atoms with E-state index in [-0.39, 0.29) is 105 Å². The van der Waals surface area contributed by atoms with E-state index in [0.29, 0.717) is 70.8 Å². The highest BCUT2D eigenvalue weighted by molar-refractivity contribution is 8.00. The summed E-state index contributed by atoms with van der Waals surface area (Å²) < 4.78 is 19.6. The minimum atomic E-state index is -0.607. The molecule has 3 fully saturated rings. The average molecular weight is 1130 g/mol. The van der Waals surface area contributed by atoms with Gasteiger partial charge in [-0.25, -0.2) is 14.6 Å². The van der Waals surface area contributed by atoms with Gasteiger partial charge in [0, 0.05) is 41.0 Å². The number of nitrogens with zero attached hydrogens (tertiary/aromatic N) is 1. The topological polar surface area (TPSA) is 165 Å². The molecule has 0 saturated heterocycles. The number of esters is 3. The summed E-state index contributed by atoms with van der Waals surface area (Å²) in [6.45, 7) is 47.5. The Kier molecular flexibility index (Phi) is 22.4. The molecule has 3 N–H and O–H groups in total. The first-order valence-corrected chi connectivity index (χ1v) is 32.1. The van der Waals surface area contributed by atoms with Gasteiger partial charge in [-0.15, -0.1) is 11.8 Å². The van der Waals surface area contributed by atoms with E-state index >= 15 is 9.59 Å². The number of H-pyrrole nitrogens is 1. The molecule has 1 aromatic heterocycles. The number of aromatic nitrogens is 1. The SMILES string of the molecule is CCC(C)C1=C(C(=O)OC2C(C(C)(C)C)CC(C)CC2C(C)(C)C)C(NC(=O)C(C)SCCOC(=O)C(C)(C)CC)=NC1=Cc1[nH]c(NC(=O)C2CCCCC2)c(C(=O)OC2C(C(C)(C)C)CC(C)CC2C(C)(C)C)c1C(C)CC. The number of carbonyl (C=O) groups is 5. The number of carbonyl (C=O) groups excluding carboxylic acids is 5. The second kappa shape index (κ2) is 26.8. The van der Waals surface area contributed by atoms with Crippen molar-refractivity contribution in [3.05, 3.63) is 33.7 Å². The Labute approximate surface area is 488 Å². The molecule has 5 rings (SSSR count). The fourth-order valence-corrected chi connectivity index (χ4v) is 13.8. The van der Waals surface area contributed by atoms with E-state index in [1.165, 1.54) is 11.8 Å². The first kappa shape index (κ1) is 66.9. The summed E-state index contributed by atoms with van der Waals surface area (Å²) in [7, 11) is 0. The molecule has 2 heterocycles. The third-order valence-electron chi connectivity index (χ3n) is 19.1. The predicted molar refractivity (Wildman–Crippen MR) is 329 cm³/mol. The first-order chi connectivity index (χ1) is 37.0. The Bertz CT molecular complexity index is 2400. The van der Waals surface area contributed by atoms with Crippen molar-refractivity contribution in [1.29, 1.82) is 0 Å². The molecular formula is C67H110N4O8S. The molecule has 452 valence electrons. The monoisotopic (exact) mass is 1130 g/mol. The number of ether oxygens (including phenoxy) is 3. The Hall–Kier alpha value is -3.87. The number of hydrogen-bond donors (Lipinski definition) is 3. The summed E-state index contributed by atoms with van der Waals surface area (Å²) >= 11 is 1.36. The molecule has 2 amide bonds. The fourth-order valence-electron chi connectivity index (χ4n) is 13.1. The molecule has 7 atom stereocenters. The van der Waals surface area contributed by atoms with Crippen LogP contribution in [0.2, 0.25) is 0 Å². The minimum Gasteiger partial charge on any atom is -0.464 e. The number of nitrogens with one attached hydrogen (secondary N) is 3. The number of hydrogen-bond acceptors (Lipinski definition) is 10. The van der Waals surface area contributed by atoms with E-state index in [1.807, 2.05) is 26.8 Å². The van der Waals surface area contributed by atoms with Crippen LogP contribution in [0.25, 0.3) is 6.08 Å². The highest BCUT2D eigenvalue weighted by Crippen LogP contribution is 2.52. The number of amidine groups is 1. The number of thioether (sulfide) groups is 1. The van der Waals surface area contributed by atoms with Crippen LogP contribution in [-0.4, -0.2) is 70.4 Å². The number of allylic oxidation sites excluding steroid dienone is 1. The molecule has 0 radical (unpaired) electrons. The van der Waals surface area contributed by atoms with Gasteiger partial charge >= 0.3 is 17.9 Å². The van der Waals surface area contributed by atoms with Gasteiger partial charge in [-0.3, -0.25) is 14.4 Å². The van der Waals surface area contributed by atoms with Crippen molar-refractivity contribution in [2.24, 2.45) is 79.4 Å². The lowest BCUT2D eigenvalue weighted by Gasteiger charge is -2.50. The van der Waals surface area contributed by atoms with Gasteiger partial charge in [0.2, 0.25) is 11.8 Å². The van der Waals surface area contributed by atoms with Gasteiger partial charge in [0.1, 0.15) is 41.6 Å². The first-order valence-electron chi connectivity index (χ1n) is 31.1. The number of aliphatic imine (C=N–C) groups is 1. The number of amides is 2. The lowest BCUT2D eigenvalue weighted by atomic mass is 9.59. The van der Waals surface area contributed by atoms with Crippen LogP contribution < -0.4 is 10.6 Å². The molecule has 0 spiro atoms. The van der Waals surface area contributed by atoms with Gasteiger partial charge in [-0.1, -0.05) is 151 Å². The molecule has 1 aromatic rings. The van der Waals surface area contributed by atoms with Crippen LogP contribution in [0.15, 0.2) is 21.8 Å². The molecule has 3 aliphatic carbocycles. The van der Waals surface area contributed by atoms with Crippen molar-refractivity contribution < 1.29 is 38.2 Å². The highest BCUT2D eigenvalue weighted by Gasteiger charge is 2.51. The van der Waals surface area contributed by atoms with Gasteiger partial charge in [0.25, 0.3) is 0 Å². The van der Waals surface area contributed by atoms with Crippen molar-refractivity contribution in [1.82, 2.24) is 10.3 Å². The van der Waals surface area contributed by atoms with Crippen LogP contribution in [0, 0.1) is 74.4 Å². The van der Waals surface area contributed by atoms with E-state index in [9.17, 15) is 14.4 Å². The van der Waals surface area contributed by atoms with Crippen molar-refractivity contribution in [2.75, 3.05) is 17.7 Å². The van der Waals surface area contributed by atoms with Crippen molar-refractivity contribution in [2.45, 2.75) is 253 Å². The maximum Gasteiger partial charge on any atom is 0.342 e. The second-order valence-electron chi connectivity index (χ2n) is 30.1. The summed E-state index contributed by atoms with van der Waals surface area (Å²) in [4.78, 5) is 81.8. The zero-order valence-corrected chi connectivity index (χ0v) is 54.8. The molecule has 13 heteroatoms. The van der Waals surface area contributed by atoms with Gasteiger partial charge in [-0.05, 0) is 141 Å². The summed E-state index contributed by atoms with van der Waals surface area (Å²) in [5, 5.41) is 5.77. The van der Waals surface area contributed by atoms with Gasteiger partial charge in [-0.2, -0.15) is 0 Å². The Morgan fingerprint density at radius 1 is 0.675 bits per heavy atom. The molecule has 0 aromatic carbocycles. The minimum absolute atomic E-state index is 0.0682. The van der Waals surface area contributed by atoms with E-state index in [1.54, 1.807) is 6.92 Å². The Morgan fingerprint density at radius 2 is 1.15 bits per heavy atom. The Morgan fingerprint density at radius 3 is 1.60 bits per heavy atom. The maximum absolute atomic E-state index is 15.6. The third-order valence-corrected chi connectivity index (χ3v) is 20.2. The number of aromatic amines is 1. The second-order valence-corrected chi connectivity index (χ2v) is 31.5. The lowest BCUT2D eigenvalue weighted by molar-refractivity contribution is -0.164. The van der Waals surface area contributed by atoms with Crippen molar-refractivity contribution in [3.63, 3.8) is 0 Å². The predicted octanol–water partition coefficient (Wildman–Crippen LogP) is 16.3. The van der Waals surface area contributed by atoms with E-state index in [2.05, 4.69) is 140 Å². The largest absolute Gasteiger partial charge is 0.464 e. The summed E-state index contributed by atoms with van der Waals surface area (Å²) in [6, 6.07) is 0. The highest BCUT2D eigenvalue weighted by atomic mass is 32.2. The lowest BCUT2D eigenvalue weighted by Crippen LogP contribution is -2.50. The smallest absolute Gasteiger partial charge is 0.342 e. The van der Waals surface area contributed by atoms with E-state index in [0.717, 1.165) is 57.8 Å². The van der Waals surface area contributed by atoms with Crippen molar-refractivity contribution in [3.8, 4) is 0 Å². The fraction of sp³-hybridized carbons (Fsp3) is 0.791. The molecule has 1 aliphatic heterocycles. The zero-order valence-electron chi connectivity index (χ0n) is 54.0. The average Bonchev–Trinajstić information content (AvgIpc) is 3.91. The molecule has 0 bridgehead atoms. The van der Waals surface area contributed by atoms with Gasteiger partial charge in [0.15, 0.2) is 0 Å². The zero-order chi connectivity index (χ0) is 60.2. The molecular weight excluding hydrogens is 1020 g/mol. The molecule has 3 saturated carbocycles. The van der Waals surface area contributed by atoms with Gasteiger partial charge < -0.3 is 29.8 Å². The number of rotatable bonds is 18. The Balaban J connectivity index is 1.74. The molecule has 7 unspecified atom stereocenters. The number of anilines is 1. The maximum atomic E-state index is 15.6.